The van der Waals surface area contributed by atoms with Crippen molar-refractivity contribution in [3.63, 3.8) is 0 Å². The molecule has 0 bridgehead atoms. The van der Waals surface area contributed by atoms with Crippen molar-refractivity contribution in [2.24, 2.45) is 0 Å². The van der Waals surface area contributed by atoms with Crippen molar-refractivity contribution >= 4 is 21.0 Å². The fraction of sp³-hybridized carbons (Fsp3) is 0.500. The lowest BCUT2D eigenvalue weighted by atomic mass is 9.96. The minimum atomic E-state index is -3.77. The number of morpholine rings is 1. The predicted octanol–water partition coefficient (Wildman–Crippen LogP) is 0.793. The highest BCUT2D eigenvalue weighted by atomic mass is 32.2. The van der Waals surface area contributed by atoms with Gasteiger partial charge in [0.25, 0.3) is 0 Å². The Kier molecular flexibility index (Phi) is 4.67. The Bertz CT molecular complexity index is 819. The number of sulfonamides is 1. The molecule has 0 unspecified atom stereocenters. The third-order valence-corrected chi connectivity index (χ3v) is 6.18. The highest BCUT2D eigenvalue weighted by Gasteiger charge is 2.41. The van der Waals surface area contributed by atoms with Crippen LogP contribution in [0, 0.1) is 0 Å². The largest absolute Gasteiger partial charge is 0.463 e. The molecule has 2 aromatic rings. The monoisotopic (exact) mass is 354 g/mol. The molecule has 2 heterocycles. The number of aliphatic hydroxyl groups excluding tert-OH is 1. The normalized spacial score (nSPS) is 26.0. The quantitative estimate of drug-likeness (QED) is 0.825. The van der Waals surface area contributed by atoms with Gasteiger partial charge in [-0.1, -0.05) is 12.1 Å². The van der Waals surface area contributed by atoms with Crippen LogP contribution in [0.4, 0.5) is 0 Å². The van der Waals surface area contributed by atoms with Gasteiger partial charge in [-0.2, -0.15) is 0 Å². The second-order valence-electron chi connectivity index (χ2n) is 6.28. The number of hydrogen-bond donors (Lipinski definition) is 2. The van der Waals surface area contributed by atoms with E-state index in [1.807, 2.05) is 18.9 Å². The Labute approximate surface area is 141 Å². The molecule has 3 rings (SSSR count). The van der Waals surface area contributed by atoms with Gasteiger partial charge in [-0.25, -0.2) is 13.1 Å². The zero-order valence-corrected chi connectivity index (χ0v) is 14.5. The van der Waals surface area contributed by atoms with Crippen molar-refractivity contribution in [3.05, 3.63) is 30.5 Å². The number of nitrogens with one attached hydrogen (secondary N) is 1. The molecular formula is C16H22N2O5S. The van der Waals surface area contributed by atoms with Gasteiger partial charge in [0.2, 0.25) is 10.0 Å². The summed E-state index contributed by atoms with van der Waals surface area (Å²) >= 11 is 0. The number of hydrogen-bond acceptors (Lipinski definition) is 6. The molecule has 0 radical (unpaired) electrons. The average molecular weight is 354 g/mol. The molecule has 0 spiro atoms. The van der Waals surface area contributed by atoms with E-state index in [1.54, 1.807) is 24.3 Å². The third kappa shape index (κ3) is 2.96. The molecule has 24 heavy (non-hydrogen) atoms. The highest BCUT2D eigenvalue weighted by molar-refractivity contribution is 7.89. The SMILES string of the molecule is C[C@@H]1COC[C@@](CO)(CNS(=O)(=O)c2coc3ccccc23)N1C. The van der Waals surface area contributed by atoms with Crippen LogP contribution in [0.2, 0.25) is 0 Å². The summed E-state index contributed by atoms with van der Waals surface area (Å²) in [6, 6.07) is 7.05. The lowest BCUT2D eigenvalue weighted by Crippen LogP contribution is -2.65. The number of fused-ring (bicyclic) bond motifs is 1. The number of ether oxygens (including phenoxy) is 1. The molecule has 8 heteroatoms. The minimum Gasteiger partial charge on any atom is -0.463 e. The van der Waals surface area contributed by atoms with Gasteiger partial charge < -0.3 is 14.3 Å². The summed E-state index contributed by atoms with van der Waals surface area (Å²) < 4.78 is 38.8. The first-order chi connectivity index (χ1) is 11.4. The topological polar surface area (TPSA) is 92.0 Å². The summed E-state index contributed by atoms with van der Waals surface area (Å²) in [4.78, 5) is 2.06. The molecule has 1 saturated heterocycles. The first-order valence-electron chi connectivity index (χ1n) is 7.77. The lowest BCUT2D eigenvalue weighted by Gasteiger charge is -2.47. The second kappa shape index (κ2) is 6.45. The molecule has 1 aromatic heterocycles. The predicted molar refractivity (Wildman–Crippen MR) is 89.3 cm³/mol. The number of rotatable bonds is 5. The third-order valence-electron chi connectivity index (χ3n) is 4.76. The fourth-order valence-corrected chi connectivity index (χ4v) is 4.21. The summed E-state index contributed by atoms with van der Waals surface area (Å²) in [6.45, 7) is 2.63. The van der Waals surface area contributed by atoms with Gasteiger partial charge in [0.15, 0.2) is 0 Å². The van der Waals surface area contributed by atoms with Gasteiger partial charge in [0, 0.05) is 18.0 Å². The van der Waals surface area contributed by atoms with E-state index < -0.39 is 15.6 Å². The van der Waals surface area contributed by atoms with E-state index in [0.29, 0.717) is 17.6 Å². The number of furan rings is 1. The van der Waals surface area contributed by atoms with Gasteiger partial charge >= 0.3 is 0 Å². The van der Waals surface area contributed by atoms with Crippen LogP contribution in [0.25, 0.3) is 11.0 Å². The van der Waals surface area contributed by atoms with Crippen molar-refractivity contribution in [2.75, 3.05) is 33.4 Å². The Morgan fingerprint density at radius 2 is 2.17 bits per heavy atom. The summed E-state index contributed by atoms with van der Waals surface area (Å²) in [5.41, 5.74) is -0.272. The van der Waals surface area contributed by atoms with Gasteiger partial charge in [-0.05, 0) is 26.1 Å². The highest BCUT2D eigenvalue weighted by Crippen LogP contribution is 2.26. The van der Waals surface area contributed by atoms with Crippen molar-refractivity contribution in [3.8, 4) is 0 Å². The maximum atomic E-state index is 12.7. The summed E-state index contributed by atoms with van der Waals surface area (Å²) in [7, 11) is -1.90. The summed E-state index contributed by atoms with van der Waals surface area (Å²) in [5, 5.41) is 10.4. The second-order valence-corrected chi connectivity index (χ2v) is 8.01. The molecular weight excluding hydrogens is 332 g/mol. The maximum absolute atomic E-state index is 12.7. The molecule has 0 amide bonds. The smallest absolute Gasteiger partial charge is 0.244 e. The standard InChI is InChI=1S/C16H22N2O5S/c1-12-7-22-11-16(10-19,18(12)2)9-17-24(20,21)15-8-23-14-6-4-3-5-13(14)15/h3-6,8,12,17,19H,7,9-11H2,1-2H3/t12-,16+/m1/s1. The van der Waals surface area contributed by atoms with E-state index >= 15 is 0 Å². The van der Waals surface area contributed by atoms with Crippen LogP contribution in [0.5, 0.6) is 0 Å². The lowest BCUT2D eigenvalue weighted by molar-refractivity contribution is -0.104. The van der Waals surface area contributed by atoms with Crippen molar-refractivity contribution < 1.29 is 22.7 Å². The zero-order valence-electron chi connectivity index (χ0n) is 13.7. The zero-order chi connectivity index (χ0) is 17.4. The van der Waals surface area contributed by atoms with Crippen molar-refractivity contribution in [2.45, 2.75) is 23.4 Å². The molecule has 1 aliphatic heterocycles. The van der Waals surface area contributed by atoms with Crippen molar-refractivity contribution in [1.29, 1.82) is 0 Å². The van der Waals surface area contributed by atoms with E-state index in [-0.39, 0.29) is 30.7 Å². The number of nitrogens with zero attached hydrogens (tertiary/aromatic N) is 1. The van der Waals surface area contributed by atoms with E-state index in [9.17, 15) is 13.5 Å². The Morgan fingerprint density at radius 1 is 1.42 bits per heavy atom. The molecule has 132 valence electrons. The number of aliphatic hydroxyl groups is 1. The Hall–Kier alpha value is -1.45. The molecule has 0 aliphatic carbocycles. The minimum absolute atomic E-state index is 0.0478. The van der Waals surface area contributed by atoms with Crippen LogP contribution >= 0.6 is 0 Å². The molecule has 2 atom stereocenters. The fourth-order valence-electron chi connectivity index (χ4n) is 2.96. The van der Waals surface area contributed by atoms with Gasteiger partial charge in [-0.3, -0.25) is 4.90 Å². The first-order valence-corrected chi connectivity index (χ1v) is 9.25. The van der Waals surface area contributed by atoms with Crippen LogP contribution in [0.15, 0.2) is 39.8 Å². The van der Waals surface area contributed by atoms with Crippen LogP contribution in [0.1, 0.15) is 6.92 Å². The van der Waals surface area contributed by atoms with Crippen molar-refractivity contribution in [1.82, 2.24) is 9.62 Å². The Morgan fingerprint density at radius 3 is 2.92 bits per heavy atom. The molecule has 1 fully saturated rings. The van der Waals surface area contributed by atoms with E-state index in [1.165, 1.54) is 6.26 Å². The number of benzene rings is 1. The Balaban J connectivity index is 1.84. The molecule has 2 N–H and O–H groups in total. The van der Waals surface area contributed by atoms with E-state index in [0.717, 1.165) is 0 Å². The van der Waals surface area contributed by atoms with Crippen LogP contribution < -0.4 is 4.72 Å². The number of para-hydroxylation sites is 1. The maximum Gasteiger partial charge on any atom is 0.244 e. The van der Waals surface area contributed by atoms with Crippen LogP contribution in [0.3, 0.4) is 0 Å². The first kappa shape index (κ1) is 17.4. The molecule has 0 saturated carbocycles. The molecule has 7 nitrogen and oxygen atoms in total. The van der Waals surface area contributed by atoms with Gasteiger partial charge in [-0.15, -0.1) is 0 Å². The number of likely N-dealkylation sites (N-methyl/N-ethyl adjacent to an activating group) is 1. The van der Waals surface area contributed by atoms with Crippen LogP contribution in [-0.2, 0) is 14.8 Å². The molecule has 1 aliphatic rings. The molecule has 1 aromatic carbocycles. The van der Waals surface area contributed by atoms with E-state index in [4.69, 9.17) is 9.15 Å². The summed E-state index contributed by atoms with van der Waals surface area (Å²) in [5.74, 6) is 0. The summed E-state index contributed by atoms with van der Waals surface area (Å²) in [6.07, 6.45) is 1.24. The van der Waals surface area contributed by atoms with Crippen LogP contribution in [-0.4, -0.2) is 63.4 Å². The van der Waals surface area contributed by atoms with E-state index in [2.05, 4.69) is 4.72 Å². The van der Waals surface area contributed by atoms with Gasteiger partial charge in [0.1, 0.15) is 16.7 Å². The average Bonchev–Trinajstić information content (AvgIpc) is 3.01. The van der Waals surface area contributed by atoms with Gasteiger partial charge in [0.05, 0.1) is 25.4 Å².